The highest BCUT2D eigenvalue weighted by Crippen LogP contribution is 2.19. The van der Waals surface area contributed by atoms with Gasteiger partial charge in [0.2, 0.25) is 0 Å². The molecule has 0 nitrogen and oxygen atoms in total. The molecular weight excluding hydrogens is 172 g/mol. The maximum absolute atomic E-state index is 2.23. The summed E-state index contributed by atoms with van der Waals surface area (Å²) < 4.78 is 0. The van der Waals surface area contributed by atoms with E-state index in [4.69, 9.17) is 0 Å². The van der Waals surface area contributed by atoms with Gasteiger partial charge in [-0.3, -0.25) is 0 Å². The van der Waals surface area contributed by atoms with Crippen LogP contribution in [0.15, 0.2) is 42.5 Å². The van der Waals surface area contributed by atoms with Crippen LogP contribution in [0.5, 0.6) is 0 Å². The van der Waals surface area contributed by atoms with E-state index in [9.17, 15) is 0 Å². The van der Waals surface area contributed by atoms with Gasteiger partial charge in [-0.1, -0.05) is 48.5 Å². The lowest BCUT2D eigenvalue weighted by atomic mass is 10.0. The van der Waals surface area contributed by atoms with Crippen LogP contribution in [0.3, 0.4) is 0 Å². The molecule has 2 aromatic rings. The summed E-state index contributed by atoms with van der Waals surface area (Å²) in [4.78, 5) is 0. The lowest BCUT2D eigenvalue weighted by Crippen LogP contribution is -1.85. The van der Waals surface area contributed by atoms with E-state index in [-0.39, 0.29) is 0 Å². The zero-order chi connectivity index (χ0) is 9.10. The molecule has 65 valence electrons. The third kappa shape index (κ3) is 1.65. The van der Waals surface area contributed by atoms with Crippen LogP contribution in [-0.4, -0.2) is 10.2 Å². The van der Waals surface area contributed by atoms with Gasteiger partial charge in [0.1, 0.15) is 0 Å². The van der Waals surface area contributed by atoms with Crippen molar-refractivity contribution in [3.63, 3.8) is 0 Å². The lowest BCUT2D eigenvalue weighted by Gasteiger charge is -2.03. The van der Waals surface area contributed by atoms with Crippen molar-refractivity contribution in [1.82, 2.24) is 0 Å². The van der Waals surface area contributed by atoms with Crippen LogP contribution in [0, 0.1) is 0 Å². The molecule has 0 unspecified atom stereocenters. The highest BCUT2D eigenvalue weighted by molar-refractivity contribution is 6.08. The van der Waals surface area contributed by atoms with Crippen LogP contribution in [0.1, 0.15) is 5.56 Å². The molecule has 2 rings (SSSR count). The van der Waals surface area contributed by atoms with Gasteiger partial charge in [0.15, 0.2) is 0 Å². The van der Waals surface area contributed by atoms with Crippen LogP contribution in [0.4, 0.5) is 0 Å². The number of hydrogen-bond acceptors (Lipinski definition) is 0. The molecule has 0 heterocycles. The normalized spacial score (nSPS) is 10.5. The van der Waals surface area contributed by atoms with E-state index in [1.807, 2.05) is 10.2 Å². The second-order valence-corrected chi connectivity index (χ2v) is 3.95. The maximum Gasteiger partial charge on any atom is 0.00840 e. The molecule has 0 aromatic heterocycles. The van der Waals surface area contributed by atoms with Gasteiger partial charge in [0, 0.05) is 10.2 Å². The summed E-state index contributed by atoms with van der Waals surface area (Å²) in [5.74, 6) is 0. The highest BCUT2D eigenvalue weighted by Gasteiger charge is 1.97. The van der Waals surface area contributed by atoms with E-state index in [1.54, 1.807) is 0 Å². The van der Waals surface area contributed by atoms with Crippen LogP contribution < -0.4 is 0 Å². The number of rotatable bonds is 2. The number of fused-ring (bicyclic) bond motifs is 1. The molecule has 0 saturated heterocycles. The van der Waals surface area contributed by atoms with Crippen molar-refractivity contribution >= 4 is 21.0 Å². The SMILES string of the molecule is [SiH2]CCc1cccc2ccccc12. The first kappa shape index (κ1) is 8.51. The minimum atomic E-state index is 1.19. The Kier molecular flexibility index (Phi) is 2.46. The third-order valence-electron chi connectivity index (χ3n) is 2.33. The minimum absolute atomic E-state index is 1.19. The molecule has 1 heteroatoms. The molecule has 0 aliphatic rings. The largest absolute Gasteiger partial charge is 0.0616 e. The lowest BCUT2D eigenvalue weighted by molar-refractivity contribution is 1.15. The van der Waals surface area contributed by atoms with Crippen molar-refractivity contribution in [3.8, 4) is 0 Å². The number of aryl methyl sites for hydroxylation is 1. The molecule has 13 heavy (non-hydrogen) atoms. The fraction of sp³-hybridized carbons (Fsp3) is 0.167. The molecular formula is C12H13Si. The quantitative estimate of drug-likeness (QED) is 0.630. The Labute approximate surface area is 82.0 Å². The topological polar surface area (TPSA) is 0 Å². The van der Waals surface area contributed by atoms with E-state index in [0.717, 1.165) is 0 Å². The first-order chi connectivity index (χ1) is 6.42. The third-order valence-corrected chi connectivity index (χ3v) is 2.68. The molecule has 0 amide bonds. The van der Waals surface area contributed by atoms with Crippen LogP contribution in [-0.2, 0) is 6.42 Å². The molecule has 0 aliphatic heterocycles. The van der Waals surface area contributed by atoms with Crippen molar-refractivity contribution in [1.29, 1.82) is 0 Å². The fourth-order valence-electron chi connectivity index (χ4n) is 1.70. The summed E-state index contributed by atoms with van der Waals surface area (Å²) in [7, 11) is 2.04. The molecule has 0 aliphatic carbocycles. The van der Waals surface area contributed by atoms with E-state index >= 15 is 0 Å². The fourth-order valence-corrected chi connectivity index (χ4v) is 2.08. The Balaban J connectivity index is 2.61. The second-order valence-electron chi connectivity index (χ2n) is 3.24. The van der Waals surface area contributed by atoms with Crippen molar-refractivity contribution in [2.45, 2.75) is 12.5 Å². The summed E-state index contributed by atoms with van der Waals surface area (Å²) in [6.45, 7) is 0. The Bertz CT molecular complexity index is 401. The Morgan fingerprint density at radius 2 is 1.69 bits per heavy atom. The zero-order valence-corrected chi connectivity index (χ0v) is 9.08. The average molecular weight is 185 g/mol. The van der Waals surface area contributed by atoms with Gasteiger partial charge in [0.05, 0.1) is 0 Å². The van der Waals surface area contributed by atoms with Gasteiger partial charge in [-0.15, -0.1) is 0 Å². The second kappa shape index (κ2) is 3.75. The van der Waals surface area contributed by atoms with Gasteiger partial charge >= 0.3 is 0 Å². The van der Waals surface area contributed by atoms with Crippen molar-refractivity contribution in [3.05, 3.63) is 48.0 Å². The van der Waals surface area contributed by atoms with E-state index in [0.29, 0.717) is 0 Å². The van der Waals surface area contributed by atoms with E-state index in [2.05, 4.69) is 42.5 Å². The first-order valence-electron chi connectivity index (χ1n) is 4.67. The average Bonchev–Trinajstić information content (AvgIpc) is 2.19. The predicted molar refractivity (Wildman–Crippen MR) is 61.0 cm³/mol. The Hall–Kier alpha value is -1.08. The molecule has 0 atom stereocenters. The van der Waals surface area contributed by atoms with Crippen molar-refractivity contribution in [2.75, 3.05) is 0 Å². The Morgan fingerprint density at radius 3 is 2.54 bits per heavy atom. The highest BCUT2D eigenvalue weighted by atomic mass is 28.1. The van der Waals surface area contributed by atoms with Gasteiger partial charge in [0.25, 0.3) is 0 Å². The summed E-state index contributed by atoms with van der Waals surface area (Å²) in [6, 6.07) is 16.4. The van der Waals surface area contributed by atoms with Gasteiger partial charge in [-0.25, -0.2) is 0 Å². The summed E-state index contributed by atoms with van der Waals surface area (Å²) in [5, 5.41) is 2.77. The number of benzene rings is 2. The van der Waals surface area contributed by atoms with E-state index in [1.165, 1.54) is 28.8 Å². The van der Waals surface area contributed by atoms with Gasteiger partial charge < -0.3 is 0 Å². The van der Waals surface area contributed by atoms with Crippen LogP contribution >= 0.6 is 0 Å². The molecule has 0 bridgehead atoms. The minimum Gasteiger partial charge on any atom is -0.0616 e. The smallest absolute Gasteiger partial charge is 0.00840 e. The molecule has 2 aromatic carbocycles. The Morgan fingerprint density at radius 1 is 0.923 bits per heavy atom. The standard InChI is InChI=1S/C12H13Si/c13-9-8-11-6-3-5-10-4-1-2-7-12(10)11/h1-7H,8-9,13H2. The summed E-state index contributed by atoms with van der Waals surface area (Å²) in [6.07, 6.45) is 1.19. The molecule has 1 radical (unpaired) electrons. The zero-order valence-electron chi connectivity index (χ0n) is 7.66. The summed E-state index contributed by atoms with van der Waals surface area (Å²) >= 11 is 0. The van der Waals surface area contributed by atoms with Gasteiger partial charge in [-0.2, -0.15) is 0 Å². The number of hydrogen-bond donors (Lipinski definition) is 0. The van der Waals surface area contributed by atoms with Crippen molar-refractivity contribution < 1.29 is 0 Å². The monoisotopic (exact) mass is 185 g/mol. The molecule has 0 fully saturated rings. The molecule has 0 saturated carbocycles. The van der Waals surface area contributed by atoms with Gasteiger partial charge in [-0.05, 0) is 22.8 Å². The van der Waals surface area contributed by atoms with E-state index < -0.39 is 0 Å². The van der Waals surface area contributed by atoms with Crippen molar-refractivity contribution in [2.24, 2.45) is 0 Å². The molecule has 0 spiro atoms. The van der Waals surface area contributed by atoms with Crippen LogP contribution in [0.25, 0.3) is 10.8 Å². The summed E-state index contributed by atoms with van der Waals surface area (Å²) in [5.41, 5.74) is 1.48. The molecule has 0 N–H and O–H groups in total. The first-order valence-corrected chi connectivity index (χ1v) is 5.67. The van der Waals surface area contributed by atoms with Crippen LogP contribution in [0.2, 0.25) is 6.04 Å². The predicted octanol–water partition coefficient (Wildman–Crippen LogP) is 2.43. The maximum atomic E-state index is 2.23.